The van der Waals surface area contributed by atoms with E-state index in [2.05, 4.69) is 29.8 Å². The molecule has 0 heterocycles. The van der Waals surface area contributed by atoms with Gasteiger partial charge in [0.1, 0.15) is 5.75 Å². The Kier molecular flexibility index (Phi) is 7.50. The monoisotopic (exact) mass is 500 g/mol. The molecular formula is C27H40N4O5. The van der Waals surface area contributed by atoms with Gasteiger partial charge in [-0.05, 0) is 86.3 Å². The van der Waals surface area contributed by atoms with Crippen molar-refractivity contribution in [2.24, 2.45) is 16.7 Å². The van der Waals surface area contributed by atoms with Gasteiger partial charge in [-0.3, -0.25) is 14.8 Å². The number of hydroxylamine groups is 1. The van der Waals surface area contributed by atoms with E-state index < -0.39 is 5.91 Å². The second-order valence-corrected chi connectivity index (χ2v) is 12.2. The van der Waals surface area contributed by atoms with Crippen LogP contribution in [0.25, 0.3) is 0 Å². The first-order valence-electron chi connectivity index (χ1n) is 13.2. The molecule has 2 unspecified atom stereocenters. The highest BCUT2D eigenvalue weighted by molar-refractivity contribution is 5.97. The smallest absolute Gasteiger partial charge is 0.319 e. The number of hydrogen-bond donors (Lipinski definition) is 6. The Morgan fingerprint density at radius 3 is 2.31 bits per heavy atom. The molecule has 4 aliphatic rings. The average molecular weight is 501 g/mol. The Bertz CT molecular complexity index is 994. The number of phenolic OH excluding ortho intramolecular Hbond substituents is 1. The predicted octanol–water partition coefficient (Wildman–Crippen LogP) is 4.45. The van der Waals surface area contributed by atoms with Gasteiger partial charge in [-0.1, -0.05) is 26.7 Å². The minimum absolute atomic E-state index is 0.149. The number of urea groups is 1. The van der Waals surface area contributed by atoms with Gasteiger partial charge in [-0.25, -0.2) is 10.3 Å². The Hall–Kier alpha value is -2.81. The summed E-state index contributed by atoms with van der Waals surface area (Å²) in [5, 5.41) is 27.8. The van der Waals surface area contributed by atoms with Gasteiger partial charge in [-0.2, -0.15) is 0 Å². The van der Waals surface area contributed by atoms with E-state index in [9.17, 15) is 19.5 Å². The van der Waals surface area contributed by atoms with E-state index in [0.717, 1.165) is 38.5 Å². The van der Waals surface area contributed by atoms with E-state index in [4.69, 9.17) is 5.21 Å². The van der Waals surface area contributed by atoms with Crippen molar-refractivity contribution < 1.29 is 24.7 Å². The maximum absolute atomic E-state index is 12.9. The van der Waals surface area contributed by atoms with E-state index >= 15 is 0 Å². The first-order chi connectivity index (χ1) is 17.0. The van der Waals surface area contributed by atoms with Gasteiger partial charge >= 0.3 is 6.03 Å². The summed E-state index contributed by atoms with van der Waals surface area (Å²) in [6.45, 7) is 5.20. The molecule has 36 heavy (non-hydrogen) atoms. The Morgan fingerprint density at radius 1 is 0.972 bits per heavy atom. The zero-order valence-electron chi connectivity index (χ0n) is 21.4. The van der Waals surface area contributed by atoms with Crippen LogP contribution in [-0.4, -0.2) is 40.2 Å². The molecule has 0 radical (unpaired) electrons. The lowest BCUT2D eigenvalue weighted by Gasteiger charge is -2.65. The number of phenols is 1. The number of aromatic hydroxyl groups is 1. The van der Waals surface area contributed by atoms with Crippen LogP contribution in [0.2, 0.25) is 0 Å². The minimum atomic E-state index is -0.394. The Balaban J connectivity index is 1.24. The van der Waals surface area contributed by atoms with Gasteiger partial charge in [0, 0.05) is 24.1 Å². The summed E-state index contributed by atoms with van der Waals surface area (Å²) in [5.41, 5.74) is 2.59. The van der Waals surface area contributed by atoms with E-state index in [1.54, 1.807) is 17.6 Å². The number of benzene rings is 1. The third kappa shape index (κ3) is 6.11. The van der Waals surface area contributed by atoms with E-state index in [-0.39, 0.29) is 46.2 Å². The second kappa shape index (κ2) is 10.3. The third-order valence-corrected chi connectivity index (χ3v) is 8.25. The Morgan fingerprint density at radius 2 is 1.67 bits per heavy atom. The summed E-state index contributed by atoms with van der Waals surface area (Å²) in [5.74, 6) is -0.175. The molecule has 9 nitrogen and oxygen atoms in total. The summed E-state index contributed by atoms with van der Waals surface area (Å²) in [6, 6.07) is 4.20. The molecule has 5 rings (SSSR count). The van der Waals surface area contributed by atoms with Gasteiger partial charge < -0.3 is 21.1 Å². The molecule has 2 atom stereocenters. The van der Waals surface area contributed by atoms with E-state index in [1.807, 2.05) is 0 Å². The lowest BCUT2D eigenvalue weighted by atomic mass is 9.43. The summed E-state index contributed by atoms with van der Waals surface area (Å²) in [7, 11) is 0. The zero-order valence-corrected chi connectivity index (χ0v) is 21.4. The number of rotatable bonds is 10. The van der Waals surface area contributed by atoms with Crippen molar-refractivity contribution in [3.63, 3.8) is 0 Å². The molecule has 0 saturated heterocycles. The van der Waals surface area contributed by atoms with Crippen LogP contribution < -0.4 is 21.4 Å². The maximum atomic E-state index is 12.9. The molecule has 4 amide bonds. The van der Waals surface area contributed by atoms with Crippen molar-refractivity contribution in [2.45, 2.75) is 90.0 Å². The molecule has 6 N–H and O–H groups in total. The van der Waals surface area contributed by atoms with Crippen molar-refractivity contribution >= 4 is 23.5 Å². The number of carbonyl (C=O) groups excluding carboxylic acids is 3. The highest BCUT2D eigenvalue weighted by Crippen LogP contribution is 2.66. The van der Waals surface area contributed by atoms with Gasteiger partial charge in [0.15, 0.2) is 0 Å². The summed E-state index contributed by atoms with van der Waals surface area (Å²) < 4.78 is 0. The van der Waals surface area contributed by atoms with Crippen LogP contribution >= 0.6 is 0 Å². The van der Waals surface area contributed by atoms with Gasteiger partial charge in [0.05, 0.1) is 5.69 Å². The van der Waals surface area contributed by atoms with Crippen molar-refractivity contribution in [1.29, 1.82) is 0 Å². The number of carbonyl (C=O) groups is 3. The lowest BCUT2D eigenvalue weighted by Crippen LogP contribution is -2.65. The highest BCUT2D eigenvalue weighted by Gasteiger charge is 2.60. The van der Waals surface area contributed by atoms with Crippen LogP contribution in [0.15, 0.2) is 18.2 Å². The molecule has 4 saturated carbocycles. The fourth-order valence-corrected chi connectivity index (χ4v) is 7.88. The number of hydrogen-bond acceptors (Lipinski definition) is 5. The fraction of sp³-hybridized carbons (Fsp3) is 0.667. The summed E-state index contributed by atoms with van der Waals surface area (Å²) in [4.78, 5) is 36.3. The van der Waals surface area contributed by atoms with E-state index in [0.29, 0.717) is 24.4 Å². The number of unbranched alkanes of at least 4 members (excludes halogenated alkanes) is 3. The first-order valence-corrected chi connectivity index (χ1v) is 13.2. The molecule has 0 spiro atoms. The number of amides is 4. The van der Waals surface area contributed by atoms with Crippen LogP contribution in [0.5, 0.6) is 5.75 Å². The molecule has 0 aliphatic heterocycles. The molecular weight excluding hydrogens is 460 g/mol. The lowest BCUT2D eigenvalue weighted by molar-refractivity contribution is -0.129. The third-order valence-electron chi connectivity index (χ3n) is 8.25. The summed E-state index contributed by atoms with van der Waals surface area (Å²) >= 11 is 0. The molecule has 4 fully saturated rings. The highest BCUT2D eigenvalue weighted by atomic mass is 16.5. The van der Waals surface area contributed by atoms with E-state index in [1.165, 1.54) is 25.3 Å². The zero-order chi connectivity index (χ0) is 26.0. The van der Waals surface area contributed by atoms with Gasteiger partial charge in [0.2, 0.25) is 5.91 Å². The van der Waals surface area contributed by atoms with Crippen molar-refractivity contribution in [3.8, 4) is 5.75 Å². The van der Waals surface area contributed by atoms with Gasteiger partial charge in [-0.15, -0.1) is 0 Å². The molecule has 0 aromatic heterocycles. The first kappa shape index (κ1) is 26.3. The topological polar surface area (TPSA) is 140 Å². The quantitative estimate of drug-likeness (QED) is 0.122. The fourth-order valence-electron chi connectivity index (χ4n) is 7.88. The molecule has 1 aromatic rings. The molecule has 4 bridgehead atoms. The molecule has 198 valence electrons. The largest absolute Gasteiger partial charge is 0.506 e. The second-order valence-electron chi connectivity index (χ2n) is 12.2. The van der Waals surface area contributed by atoms with Crippen LogP contribution in [0.3, 0.4) is 0 Å². The number of anilines is 1. The number of nitrogens with one attached hydrogen (secondary N) is 4. The maximum Gasteiger partial charge on any atom is 0.319 e. The summed E-state index contributed by atoms with van der Waals surface area (Å²) in [6.07, 6.45) is 10.2. The van der Waals surface area contributed by atoms with Crippen LogP contribution in [0.4, 0.5) is 10.5 Å². The molecule has 9 heteroatoms. The average Bonchev–Trinajstić information content (AvgIpc) is 2.76. The van der Waals surface area contributed by atoms with Crippen LogP contribution in [-0.2, 0) is 4.79 Å². The van der Waals surface area contributed by atoms with Crippen LogP contribution in [0.1, 0.15) is 94.8 Å². The van der Waals surface area contributed by atoms with Gasteiger partial charge in [0.25, 0.3) is 5.91 Å². The minimum Gasteiger partial charge on any atom is -0.506 e. The van der Waals surface area contributed by atoms with Crippen LogP contribution in [0, 0.1) is 16.7 Å². The molecule has 1 aromatic carbocycles. The van der Waals surface area contributed by atoms with Crippen molar-refractivity contribution in [3.05, 3.63) is 23.8 Å². The molecule has 4 aliphatic carbocycles. The normalized spacial score (nSPS) is 30.0. The van der Waals surface area contributed by atoms with Crippen molar-refractivity contribution in [2.75, 3.05) is 11.9 Å². The SMILES string of the molecule is CC12CC3CC(C)(C1)CC(NC(=O)Nc1ccc(C(=O)NCCCCCCC(=O)NO)cc1O)(C3)C2. The van der Waals surface area contributed by atoms with Crippen molar-refractivity contribution in [1.82, 2.24) is 16.1 Å². The standard InChI is InChI=1S/C27H40N4O5/c1-25-12-18-13-26(2,15-25)17-27(14-18,16-25)30-24(35)29-20-9-8-19(11-21(20)32)23(34)28-10-6-4-3-5-7-22(33)31-36/h8-9,11,18,32,36H,3-7,10,12-17H2,1-2H3,(H,28,34)(H,31,33)(H2,29,30,35). The Labute approximate surface area is 212 Å². The predicted molar refractivity (Wildman–Crippen MR) is 136 cm³/mol.